The van der Waals surface area contributed by atoms with Crippen LogP contribution in [0.4, 0.5) is 10.1 Å². The molecular formula is C22H22FN3O6. The van der Waals surface area contributed by atoms with Crippen LogP contribution in [0.3, 0.4) is 0 Å². The number of nitrogens with zero attached hydrogens (tertiary/aromatic N) is 2. The topological polar surface area (TPSA) is 101 Å². The number of halogens is 1. The fourth-order valence-electron chi connectivity index (χ4n) is 3.17. The standard InChI is InChI=1S/C22H22FN3O6/c1-13-5-6-14(23)9-16(13)26-8-7-25(21(28)22(26)29)12-19(27)24-15-10-17(30-2)20(32-4)18(11-15)31-3/h5-11H,12H2,1-4H3,(H,24,27). The van der Waals surface area contributed by atoms with Gasteiger partial charge >= 0.3 is 11.1 Å². The molecule has 0 bridgehead atoms. The zero-order valence-electron chi connectivity index (χ0n) is 18.0. The van der Waals surface area contributed by atoms with Crippen LogP contribution >= 0.6 is 0 Å². The molecule has 0 saturated carbocycles. The molecule has 168 valence electrons. The van der Waals surface area contributed by atoms with E-state index in [4.69, 9.17) is 14.2 Å². The van der Waals surface area contributed by atoms with Gasteiger partial charge in [-0.3, -0.25) is 23.5 Å². The highest BCUT2D eigenvalue weighted by Crippen LogP contribution is 2.39. The molecule has 0 aliphatic heterocycles. The quantitative estimate of drug-likeness (QED) is 0.562. The molecule has 32 heavy (non-hydrogen) atoms. The van der Waals surface area contributed by atoms with Gasteiger partial charge in [-0.25, -0.2) is 4.39 Å². The van der Waals surface area contributed by atoms with E-state index in [9.17, 15) is 18.8 Å². The Hall–Kier alpha value is -4.08. The normalized spacial score (nSPS) is 10.5. The van der Waals surface area contributed by atoms with Crippen molar-refractivity contribution >= 4 is 11.6 Å². The Kier molecular flexibility index (Phi) is 6.62. The molecule has 3 aromatic rings. The van der Waals surface area contributed by atoms with E-state index in [2.05, 4.69) is 5.32 Å². The van der Waals surface area contributed by atoms with Gasteiger partial charge in [0.1, 0.15) is 12.4 Å². The fourth-order valence-corrected chi connectivity index (χ4v) is 3.17. The van der Waals surface area contributed by atoms with E-state index in [1.54, 1.807) is 6.92 Å². The maximum Gasteiger partial charge on any atom is 0.320 e. The lowest BCUT2D eigenvalue weighted by atomic mass is 10.2. The Balaban J connectivity index is 1.86. The van der Waals surface area contributed by atoms with Gasteiger partial charge in [-0.2, -0.15) is 0 Å². The number of amides is 1. The van der Waals surface area contributed by atoms with Crippen LogP contribution in [-0.2, 0) is 11.3 Å². The molecule has 0 fully saturated rings. The summed E-state index contributed by atoms with van der Waals surface area (Å²) in [6.45, 7) is 1.28. The van der Waals surface area contributed by atoms with E-state index in [1.807, 2.05) is 0 Å². The van der Waals surface area contributed by atoms with Crippen molar-refractivity contribution < 1.29 is 23.4 Å². The van der Waals surface area contributed by atoms with Crippen LogP contribution in [0, 0.1) is 12.7 Å². The molecule has 0 aliphatic carbocycles. The molecule has 3 rings (SSSR count). The molecule has 0 atom stereocenters. The fraction of sp³-hybridized carbons (Fsp3) is 0.227. The molecule has 0 spiro atoms. The van der Waals surface area contributed by atoms with Crippen molar-refractivity contribution in [2.24, 2.45) is 0 Å². The summed E-state index contributed by atoms with van der Waals surface area (Å²) in [6, 6.07) is 7.00. The Labute approximate surface area is 182 Å². The molecule has 0 aliphatic rings. The third-order valence-corrected chi connectivity index (χ3v) is 4.75. The Morgan fingerprint density at radius 1 is 0.969 bits per heavy atom. The van der Waals surface area contributed by atoms with E-state index < -0.39 is 29.4 Å². The average molecular weight is 443 g/mol. The van der Waals surface area contributed by atoms with Crippen LogP contribution < -0.4 is 30.6 Å². The van der Waals surface area contributed by atoms with Crippen molar-refractivity contribution in [1.82, 2.24) is 9.13 Å². The van der Waals surface area contributed by atoms with Crippen LogP contribution in [0.25, 0.3) is 5.69 Å². The van der Waals surface area contributed by atoms with Gasteiger partial charge in [0.05, 0.1) is 27.0 Å². The number of aromatic nitrogens is 2. The number of ether oxygens (including phenoxy) is 3. The zero-order valence-corrected chi connectivity index (χ0v) is 18.0. The third kappa shape index (κ3) is 4.48. The van der Waals surface area contributed by atoms with Crippen molar-refractivity contribution in [3.63, 3.8) is 0 Å². The predicted molar refractivity (Wildman–Crippen MR) is 116 cm³/mol. The number of methoxy groups -OCH3 is 3. The molecular weight excluding hydrogens is 421 g/mol. The molecule has 9 nitrogen and oxygen atoms in total. The molecule has 0 radical (unpaired) electrons. The monoisotopic (exact) mass is 443 g/mol. The average Bonchev–Trinajstić information content (AvgIpc) is 2.78. The molecule has 10 heteroatoms. The van der Waals surface area contributed by atoms with Crippen molar-refractivity contribution in [1.29, 1.82) is 0 Å². The van der Waals surface area contributed by atoms with Crippen LogP contribution in [0.1, 0.15) is 5.56 Å². The van der Waals surface area contributed by atoms with Crippen molar-refractivity contribution in [2.45, 2.75) is 13.5 Å². The van der Waals surface area contributed by atoms with Gasteiger partial charge in [0.25, 0.3) is 0 Å². The number of carbonyl (C=O) groups is 1. The van der Waals surface area contributed by atoms with E-state index >= 15 is 0 Å². The lowest BCUT2D eigenvalue weighted by Crippen LogP contribution is -2.41. The van der Waals surface area contributed by atoms with Crippen LogP contribution in [0.2, 0.25) is 0 Å². The molecule has 1 heterocycles. The SMILES string of the molecule is COc1cc(NC(=O)Cn2ccn(-c3cc(F)ccc3C)c(=O)c2=O)cc(OC)c1OC. The molecule has 2 aromatic carbocycles. The number of anilines is 1. The van der Waals surface area contributed by atoms with Gasteiger partial charge in [-0.1, -0.05) is 6.07 Å². The van der Waals surface area contributed by atoms with Gasteiger partial charge in [-0.05, 0) is 24.6 Å². The second-order valence-electron chi connectivity index (χ2n) is 6.80. The number of hydrogen-bond acceptors (Lipinski definition) is 6. The first-order chi connectivity index (χ1) is 15.3. The summed E-state index contributed by atoms with van der Waals surface area (Å²) in [4.78, 5) is 37.6. The van der Waals surface area contributed by atoms with Gasteiger partial charge < -0.3 is 19.5 Å². The number of carbonyl (C=O) groups excluding carboxylic acids is 1. The summed E-state index contributed by atoms with van der Waals surface area (Å²) in [5, 5.41) is 2.63. The van der Waals surface area contributed by atoms with Crippen LogP contribution in [0.15, 0.2) is 52.3 Å². The second-order valence-corrected chi connectivity index (χ2v) is 6.80. The Bertz CT molecular complexity index is 1260. The zero-order chi connectivity index (χ0) is 23.4. The number of benzene rings is 2. The number of rotatable bonds is 7. The summed E-state index contributed by atoms with van der Waals surface area (Å²) >= 11 is 0. The van der Waals surface area contributed by atoms with Gasteiger partial charge in [0, 0.05) is 30.2 Å². The molecule has 0 unspecified atom stereocenters. The minimum Gasteiger partial charge on any atom is -0.493 e. The second kappa shape index (κ2) is 9.38. The Morgan fingerprint density at radius 2 is 1.62 bits per heavy atom. The maximum atomic E-state index is 13.6. The van der Waals surface area contributed by atoms with E-state index in [-0.39, 0.29) is 5.69 Å². The largest absolute Gasteiger partial charge is 0.493 e. The molecule has 0 saturated heterocycles. The third-order valence-electron chi connectivity index (χ3n) is 4.75. The first-order valence-electron chi connectivity index (χ1n) is 9.47. The summed E-state index contributed by atoms with van der Waals surface area (Å²) in [5.74, 6) is -0.0490. The number of nitrogens with one attached hydrogen (secondary N) is 1. The summed E-state index contributed by atoms with van der Waals surface area (Å²) in [7, 11) is 4.34. The van der Waals surface area contributed by atoms with Gasteiger partial charge in [-0.15, -0.1) is 0 Å². The molecule has 1 amide bonds. The summed E-state index contributed by atoms with van der Waals surface area (Å²) in [5.41, 5.74) is -0.605. The molecule has 1 N–H and O–H groups in total. The first kappa shape index (κ1) is 22.6. The minimum absolute atomic E-state index is 0.251. The highest BCUT2D eigenvalue weighted by Gasteiger charge is 2.16. The van der Waals surface area contributed by atoms with Gasteiger partial charge in [0.15, 0.2) is 11.5 Å². The van der Waals surface area contributed by atoms with Crippen molar-refractivity contribution in [3.05, 3.63) is 74.8 Å². The van der Waals surface area contributed by atoms with E-state index in [0.717, 1.165) is 15.2 Å². The highest BCUT2D eigenvalue weighted by atomic mass is 19.1. The van der Waals surface area contributed by atoms with E-state index in [1.165, 1.54) is 58.0 Å². The minimum atomic E-state index is -0.920. The molecule has 1 aromatic heterocycles. The highest BCUT2D eigenvalue weighted by molar-refractivity contribution is 5.91. The summed E-state index contributed by atoms with van der Waals surface area (Å²) in [6.07, 6.45) is 2.61. The smallest absolute Gasteiger partial charge is 0.320 e. The van der Waals surface area contributed by atoms with Crippen molar-refractivity contribution in [3.8, 4) is 22.9 Å². The lowest BCUT2D eigenvalue weighted by Gasteiger charge is -2.15. The first-order valence-corrected chi connectivity index (χ1v) is 9.47. The van der Waals surface area contributed by atoms with Crippen LogP contribution in [-0.4, -0.2) is 36.4 Å². The lowest BCUT2D eigenvalue weighted by molar-refractivity contribution is -0.116. The number of hydrogen-bond donors (Lipinski definition) is 1. The maximum absolute atomic E-state index is 13.6. The van der Waals surface area contributed by atoms with Gasteiger partial charge in [0.2, 0.25) is 11.7 Å². The number of aryl methyl sites for hydroxylation is 1. The Morgan fingerprint density at radius 3 is 2.22 bits per heavy atom. The van der Waals surface area contributed by atoms with E-state index in [0.29, 0.717) is 28.5 Å². The predicted octanol–water partition coefficient (Wildman–Crippen LogP) is 2.11. The summed E-state index contributed by atoms with van der Waals surface area (Å²) < 4.78 is 31.4. The van der Waals surface area contributed by atoms with Crippen molar-refractivity contribution in [2.75, 3.05) is 26.6 Å². The van der Waals surface area contributed by atoms with Crippen LogP contribution in [0.5, 0.6) is 17.2 Å².